The summed E-state index contributed by atoms with van der Waals surface area (Å²) < 4.78 is 26.2. The van der Waals surface area contributed by atoms with Crippen LogP contribution in [0, 0.1) is 11.6 Å². The highest BCUT2D eigenvalue weighted by Gasteiger charge is 2.25. The lowest BCUT2D eigenvalue weighted by Gasteiger charge is -2.32. The quantitative estimate of drug-likeness (QED) is 0.628. The monoisotopic (exact) mass is 392 g/mol. The van der Waals surface area contributed by atoms with E-state index in [4.69, 9.17) is 4.98 Å². The number of hydrogen-bond donors (Lipinski definition) is 0. The Kier molecular flexibility index (Phi) is 5.65. The largest absolute Gasteiger partial charge is 0.339 e. The normalized spacial score (nSPS) is 14.8. The van der Waals surface area contributed by atoms with Crippen molar-refractivity contribution in [3.63, 3.8) is 0 Å². The number of carbonyl (C=O) groups is 1. The summed E-state index contributed by atoms with van der Waals surface area (Å²) in [6.07, 6.45) is 2.36. The molecule has 3 aromatic rings. The molecule has 2 heterocycles. The first-order chi connectivity index (χ1) is 14.1. The minimum Gasteiger partial charge on any atom is -0.339 e. The second-order valence-corrected chi connectivity index (χ2v) is 7.43. The molecule has 1 saturated heterocycles. The van der Waals surface area contributed by atoms with E-state index in [1.807, 2.05) is 23.1 Å². The number of halogens is 2. The van der Waals surface area contributed by atoms with Crippen LogP contribution in [-0.2, 0) is 6.42 Å². The molecule has 5 heteroatoms. The smallest absolute Gasteiger partial charge is 0.253 e. The van der Waals surface area contributed by atoms with Crippen LogP contribution in [0.1, 0.15) is 46.1 Å². The first kappa shape index (κ1) is 19.2. The maximum Gasteiger partial charge on any atom is 0.253 e. The van der Waals surface area contributed by atoms with Gasteiger partial charge < -0.3 is 4.90 Å². The summed E-state index contributed by atoms with van der Waals surface area (Å²) in [6, 6.07) is 18.2. The number of piperidine rings is 1. The van der Waals surface area contributed by atoms with E-state index in [1.54, 1.807) is 12.1 Å². The van der Waals surface area contributed by atoms with Gasteiger partial charge >= 0.3 is 0 Å². The molecule has 0 spiro atoms. The maximum absolute atomic E-state index is 13.1. The van der Waals surface area contributed by atoms with Crippen LogP contribution in [0.3, 0.4) is 0 Å². The third kappa shape index (κ3) is 4.67. The van der Waals surface area contributed by atoms with Crippen molar-refractivity contribution in [2.45, 2.75) is 25.2 Å². The fourth-order valence-electron chi connectivity index (χ4n) is 3.79. The Hall–Kier alpha value is -3.08. The molecule has 29 heavy (non-hydrogen) atoms. The molecule has 0 saturated carbocycles. The summed E-state index contributed by atoms with van der Waals surface area (Å²) in [6.45, 7) is 1.31. The molecule has 2 aromatic carbocycles. The third-order valence-corrected chi connectivity index (χ3v) is 5.42. The predicted octanol–water partition coefficient (Wildman–Crippen LogP) is 4.97. The minimum atomic E-state index is -0.341. The van der Waals surface area contributed by atoms with Crippen LogP contribution >= 0.6 is 0 Å². The lowest BCUT2D eigenvalue weighted by molar-refractivity contribution is 0.0712. The summed E-state index contributed by atoms with van der Waals surface area (Å²) in [5.74, 6) is -0.328. The zero-order valence-corrected chi connectivity index (χ0v) is 16.0. The summed E-state index contributed by atoms with van der Waals surface area (Å²) in [5, 5.41) is 0. The molecule has 0 atom stereocenters. The van der Waals surface area contributed by atoms with E-state index in [2.05, 4.69) is 0 Å². The van der Waals surface area contributed by atoms with Gasteiger partial charge in [-0.3, -0.25) is 9.78 Å². The van der Waals surface area contributed by atoms with Gasteiger partial charge in [-0.15, -0.1) is 0 Å². The molecule has 1 aliphatic rings. The second kappa shape index (κ2) is 8.52. The van der Waals surface area contributed by atoms with Crippen molar-refractivity contribution >= 4 is 5.91 Å². The molecular weight excluding hydrogens is 370 g/mol. The maximum atomic E-state index is 13.1. The van der Waals surface area contributed by atoms with E-state index in [0.717, 1.165) is 29.8 Å². The zero-order chi connectivity index (χ0) is 20.2. The molecular formula is C24H22F2N2O. The van der Waals surface area contributed by atoms with Gasteiger partial charge in [0.15, 0.2) is 0 Å². The lowest BCUT2D eigenvalue weighted by Crippen LogP contribution is -2.38. The molecule has 4 rings (SSSR count). The van der Waals surface area contributed by atoms with Crippen molar-refractivity contribution in [2.24, 2.45) is 0 Å². The molecule has 0 bridgehead atoms. The van der Waals surface area contributed by atoms with Crippen molar-refractivity contribution in [3.05, 3.63) is 101 Å². The van der Waals surface area contributed by atoms with Gasteiger partial charge in [-0.25, -0.2) is 8.78 Å². The summed E-state index contributed by atoms with van der Waals surface area (Å²) >= 11 is 0. The summed E-state index contributed by atoms with van der Waals surface area (Å²) in [5.41, 5.74) is 3.54. The SMILES string of the molecule is O=C(c1ccc(F)cc1)N1CCC(c2cccc(Cc3ccc(F)cc3)n2)CC1. The van der Waals surface area contributed by atoms with Crippen molar-refractivity contribution in [1.82, 2.24) is 9.88 Å². The van der Waals surface area contributed by atoms with Crippen LogP contribution in [-0.4, -0.2) is 28.9 Å². The standard InChI is InChI=1S/C24H22F2N2O/c25-20-8-4-17(5-9-20)16-22-2-1-3-23(27-22)18-12-14-28(15-13-18)24(29)19-6-10-21(26)11-7-19/h1-11,18H,12-16H2. The average Bonchev–Trinajstić information content (AvgIpc) is 2.76. The molecule has 1 amide bonds. The van der Waals surface area contributed by atoms with E-state index < -0.39 is 0 Å². The zero-order valence-electron chi connectivity index (χ0n) is 16.0. The van der Waals surface area contributed by atoms with Gasteiger partial charge in [0.05, 0.1) is 0 Å². The highest BCUT2D eigenvalue weighted by molar-refractivity contribution is 5.94. The number of benzene rings is 2. The van der Waals surface area contributed by atoms with Crippen molar-refractivity contribution in [3.8, 4) is 0 Å². The van der Waals surface area contributed by atoms with Crippen LogP contribution < -0.4 is 0 Å². The molecule has 1 fully saturated rings. The molecule has 3 nitrogen and oxygen atoms in total. The van der Waals surface area contributed by atoms with E-state index in [-0.39, 0.29) is 17.5 Å². The predicted molar refractivity (Wildman–Crippen MR) is 108 cm³/mol. The van der Waals surface area contributed by atoms with E-state index in [0.29, 0.717) is 31.0 Å². The number of hydrogen-bond acceptors (Lipinski definition) is 2. The average molecular weight is 392 g/mol. The van der Waals surface area contributed by atoms with Crippen molar-refractivity contribution < 1.29 is 13.6 Å². The van der Waals surface area contributed by atoms with Crippen LogP contribution in [0.15, 0.2) is 66.7 Å². The van der Waals surface area contributed by atoms with Gasteiger partial charge in [-0.05, 0) is 66.9 Å². The Morgan fingerprint density at radius 2 is 1.52 bits per heavy atom. The number of likely N-dealkylation sites (tertiary alicyclic amines) is 1. The number of rotatable bonds is 4. The van der Waals surface area contributed by atoms with Gasteiger partial charge in [0.25, 0.3) is 5.91 Å². The third-order valence-electron chi connectivity index (χ3n) is 5.42. The number of nitrogens with zero attached hydrogens (tertiary/aromatic N) is 2. The molecule has 0 unspecified atom stereocenters. The first-order valence-corrected chi connectivity index (χ1v) is 9.83. The molecule has 1 aromatic heterocycles. The summed E-state index contributed by atoms with van der Waals surface area (Å²) in [7, 11) is 0. The Morgan fingerprint density at radius 1 is 0.897 bits per heavy atom. The minimum absolute atomic E-state index is 0.0542. The van der Waals surface area contributed by atoms with Crippen LogP contribution in [0.5, 0.6) is 0 Å². The Balaban J connectivity index is 1.39. The number of aromatic nitrogens is 1. The van der Waals surface area contributed by atoms with Gasteiger partial charge in [0.1, 0.15) is 11.6 Å². The fraction of sp³-hybridized carbons (Fsp3) is 0.250. The van der Waals surface area contributed by atoms with E-state index in [1.165, 1.54) is 36.4 Å². The number of pyridine rings is 1. The topological polar surface area (TPSA) is 33.2 Å². The lowest BCUT2D eigenvalue weighted by atomic mass is 9.92. The van der Waals surface area contributed by atoms with E-state index in [9.17, 15) is 13.6 Å². The highest BCUT2D eigenvalue weighted by atomic mass is 19.1. The van der Waals surface area contributed by atoms with Gasteiger partial charge in [-0.2, -0.15) is 0 Å². The van der Waals surface area contributed by atoms with E-state index >= 15 is 0 Å². The fourth-order valence-corrected chi connectivity index (χ4v) is 3.79. The van der Waals surface area contributed by atoms with Gasteiger partial charge in [0.2, 0.25) is 0 Å². The Morgan fingerprint density at radius 3 is 2.17 bits per heavy atom. The molecule has 1 aliphatic heterocycles. The number of carbonyl (C=O) groups excluding carboxylic acids is 1. The Bertz CT molecular complexity index is 979. The van der Waals surface area contributed by atoms with Crippen molar-refractivity contribution in [1.29, 1.82) is 0 Å². The van der Waals surface area contributed by atoms with Crippen LogP contribution in [0.4, 0.5) is 8.78 Å². The highest BCUT2D eigenvalue weighted by Crippen LogP contribution is 2.28. The molecule has 0 aliphatic carbocycles. The van der Waals surface area contributed by atoms with Crippen molar-refractivity contribution in [2.75, 3.05) is 13.1 Å². The van der Waals surface area contributed by atoms with Gasteiger partial charge in [0, 0.05) is 42.4 Å². The summed E-state index contributed by atoms with van der Waals surface area (Å²) in [4.78, 5) is 19.2. The number of amides is 1. The molecule has 0 N–H and O–H groups in total. The second-order valence-electron chi connectivity index (χ2n) is 7.43. The van der Waals surface area contributed by atoms with Crippen LogP contribution in [0.25, 0.3) is 0 Å². The van der Waals surface area contributed by atoms with Crippen LogP contribution in [0.2, 0.25) is 0 Å². The van der Waals surface area contributed by atoms with Gasteiger partial charge in [-0.1, -0.05) is 18.2 Å². The Labute approximate surface area is 169 Å². The first-order valence-electron chi connectivity index (χ1n) is 9.83. The molecule has 148 valence electrons. The molecule has 0 radical (unpaired) electrons.